The fourth-order valence-electron chi connectivity index (χ4n) is 6.08. The minimum absolute atomic E-state index is 0.00580. The third kappa shape index (κ3) is 6.15. The number of piperidine rings is 2. The number of likely N-dealkylation sites (tertiary alicyclic amines) is 2. The first kappa shape index (κ1) is 27.9. The number of nitrogens with zero attached hydrogens (tertiary/aromatic N) is 3. The third-order valence-electron chi connectivity index (χ3n) is 8.25. The Balaban J connectivity index is 1.63. The number of alkyl halides is 6. The molecule has 2 heterocycles. The topological polar surface area (TPSA) is 9.72 Å². The average Bonchev–Trinajstić information content (AvgIpc) is 2.82. The zero-order chi connectivity index (χ0) is 27.1. The number of fused-ring (bicyclic) bond motifs is 1. The van der Waals surface area contributed by atoms with Crippen LogP contribution in [-0.2, 0) is 12.4 Å². The number of aryl methyl sites for hydroxylation is 1. The molecule has 0 N–H and O–H groups in total. The highest BCUT2D eigenvalue weighted by molar-refractivity contribution is 5.35. The Kier molecular flexibility index (Phi) is 7.98. The molecule has 3 unspecified atom stereocenters. The number of benzene rings is 2. The first-order valence-electron chi connectivity index (χ1n) is 12.7. The molecule has 2 aromatic rings. The molecule has 0 saturated carbocycles. The fourth-order valence-corrected chi connectivity index (χ4v) is 6.08. The second-order valence-electron chi connectivity index (χ2n) is 10.8. The van der Waals surface area contributed by atoms with Gasteiger partial charge < -0.3 is 4.90 Å². The molecule has 204 valence electrons. The van der Waals surface area contributed by atoms with Gasteiger partial charge in [0, 0.05) is 25.2 Å². The average molecular weight is 528 g/mol. The maximum atomic E-state index is 13.4. The van der Waals surface area contributed by atoms with E-state index in [2.05, 4.69) is 35.9 Å². The van der Waals surface area contributed by atoms with E-state index >= 15 is 0 Å². The van der Waals surface area contributed by atoms with Crippen LogP contribution in [0.1, 0.15) is 59.7 Å². The van der Waals surface area contributed by atoms with Crippen molar-refractivity contribution in [3.8, 4) is 0 Å². The van der Waals surface area contributed by atoms with Crippen LogP contribution in [0.5, 0.6) is 0 Å². The Hall–Kier alpha value is -2.10. The van der Waals surface area contributed by atoms with Crippen LogP contribution in [0.3, 0.4) is 0 Å². The number of hydrogen-bond acceptors (Lipinski definition) is 3. The minimum atomic E-state index is -4.86. The summed E-state index contributed by atoms with van der Waals surface area (Å²) >= 11 is 0. The molecule has 0 amide bonds. The molecule has 37 heavy (non-hydrogen) atoms. The quantitative estimate of drug-likeness (QED) is 0.388. The Morgan fingerprint density at radius 2 is 1.57 bits per heavy atom. The number of hydrogen-bond donors (Lipinski definition) is 0. The second-order valence-corrected chi connectivity index (χ2v) is 10.8. The van der Waals surface area contributed by atoms with Gasteiger partial charge in [0.2, 0.25) is 0 Å². The van der Waals surface area contributed by atoms with E-state index in [1.165, 1.54) is 11.1 Å². The summed E-state index contributed by atoms with van der Waals surface area (Å²) in [7, 11) is 3.92. The summed E-state index contributed by atoms with van der Waals surface area (Å²) in [6.45, 7) is 7.07. The molecule has 2 fully saturated rings. The Labute approximate surface area is 215 Å². The van der Waals surface area contributed by atoms with Gasteiger partial charge in [-0.1, -0.05) is 24.3 Å². The second kappa shape index (κ2) is 10.6. The summed E-state index contributed by atoms with van der Waals surface area (Å²) in [5, 5.41) is 0. The molecule has 2 aromatic carbocycles. The highest BCUT2D eigenvalue weighted by Gasteiger charge is 2.42. The van der Waals surface area contributed by atoms with Crippen LogP contribution in [0.2, 0.25) is 0 Å². The van der Waals surface area contributed by atoms with Gasteiger partial charge in [-0.05, 0) is 94.1 Å². The van der Waals surface area contributed by atoms with Crippen molar-refractivity contribution in [3.05, 3.63) is 70.3 Å². The Bertz CT molecular complexity index is 1050. The van der Waals surface area contributed by atoms with Crippen molar-refractivity contribution < 1.29 is 26.3 Å². The van der Waals surface area contributed by atoms with Crippen LogP contribution in [0.15, 0.2) is 42.5 Å². The van der Waals surface area contributed by atoms with Crippen molar-refractivity contribution in [1.82, 2.24) is 14.7 Å². The first-order valence-corrected chi connectivity index (χ1v) is 12.7. The standard InChI is InChI=1S/C28H35F6N3/c1-18-7-5-6-8-24(18)26-25-10-11-35(3)16-20(25)9-12-37(26)17-36(4)19(2)21-13-22(27(29,30)31)15-23(14-21)28(32,33)34/h5-8,13-15,19-20,25-26H,9-12,16-17H2,1-4H3/t19-,20?,25?,26?/m1/s1. The monoisotopic (exact) mass is 527 g/mol. The zero-order valence-electron chi connectivity index (χ0n) is 21.7. The van der Waals surface area contributed by atoms with Crippen molar-refractivity contribution in [2.24, 2.45) is 11.8 Å². The van der Waals surface area contributed by atoms with Gasteiger partial charge in [0.25, 0.3) is 0 Å². The van der Waals surface area contributed by atoms with Crippen LogP contribution in [0.25, 0.3) is 0 Å². The van der Waals surface area contributed by atoms with Gasteiger partial charge in [-0.25, -0.2) is 0 Å². The molecular weight excluding hydrogens is 492 g/mol. The molecule has 9 heteroatoms. The molecule has 0 spiro atoms. The van der Waals surface area contributed by atoms with Crippen LogP contribution in [0.4, 0.5) is 26.3 Å². The molecule has 0 bridgehead atoms. The van der Waals surface area contributed by atoms with Crippen LogP contribution in [0, 0.1) is 18.8 Å². The van der Waals surface area contributed by atoms with Gasteiger partial charge in [-0.15, -0.1) is 0 Å². The molecule has 3 nitrogen and oxygen atoms in total. The molecule has 0 aliphatic carbocycles. The van der Waals surface area contributed by atoms with Gasteiger partial charge in [0.1, 0.15) is 0 Å². The largest absolute Gasteiger partial charge is 0.416 e. The molecule has 4 rings (SSSR count). The number of rotatable bonds is 5. The van der Waals surface area contributed by atoms with Gasteiger partial charge >= 0.3 is 12.4 Å². The van der Waals surface area contributed by atoms with Gasteiger partial charge in [0.05, 0.1) is 17.8 Å². The Morgan fingerprint density at radius 1 is 0.946 bits per heavy atom. The summed E-state index contributed by atoms with van der Waals surface area (Å²) in [4.78, 5) is 6.59. The third-order valence-corrected chi connectivity index (χ3v) is 8.25. The molecule has 4 atom stereocenters. The summed E-state index contributed by atoms with van der Waals surface area (Å²) in [5.74, 6) is 1.00. The highest BCUT2D eigenvalue weighted by atomic mass is 19.4. The van der Waals surface area contributed by atoms with Gasteiger partial charge in [-0.2, -0.15) is 26.3 Å². The van der Waals surface area contributed by atoms with Crippen molar-refractivity contribution in [2.75, 3.05) is 40.4 Å². The van der Waals surface area contributed by atoms with E-state index in [4.69, 9.17) is 0 Å². The molecule has 2 aliphatic rings. The lowest BCUT2D eigenvalue weighted by atomic mass is 9.72. The molecule has 2 saturated heterocycles. The summed E-state index contributed by atoms with van der Waals surface area (Å²) in [6, 6.07) is 9.68. The van der Waals surface area contributed by atoms with E-state index < -0.39 is 29.5 Å². The smallest absolute Gasteiger partial charge is 0.306 e. The summed E-state index contributed by atoms with van der Waals surface area (Å²) < 4.78 is 80.7. The van der Waals surface area contributed by atoms with E-state index in [1.54, 1.807) is 14.0 Å². The van der Waals surface area contributed by atoms with E-state index in [1.807, 2.05) is 17.0 Å². The number of halogens is 6. The summed E-state index contributed by atoms with van der Waals surface area (Å²) in [6.07, 6.45) is -7.65. The van der Waals surface area contributed by atoms with E-state index in [0.717, 1.165) is 44.6 Å². The zero-order valence-corrected chi connectivity index (χ0v) is 21.7. The van der Waals surface area contributed by atoms with Crippen molar-refractivity contribution >= 4 is 0 Å². The van der Waals surface area contributed by atoms with Crippen LogP contribution < -0.4 is 0 Å². The predicted molar refractivity (Wildman–Crippen MR) is 132 cm³/mol. The molecule has 0 radical (unpaired) electrons. The van der Waals surface area contributed by atoms with E-state index in [9.17, 15) is 26.3 Å². The van der Waals surface area contributed by atoms with Crippen molar-refractivity contribution in [2.45, 2.75) is 51.1 Å². The van der Waals surface area contributed by atoms with Crippen molar-refractivity contribution in [1.29, 1.82) is 0 Å². The molecule has 2 aliphatic heterocycles. The predicted octanol–water partition coefficient (Wildman–Crippen LogP) is 7.00. The van der Waals surface area contributed by atoms with E-state index in [-0.39, 0.29) is 17.7 Å². The summed E-state index contributed by atoms with van der Waals surface area (Å²) in [5.41, 5.74) is -0.0991. The first-order chi connectivity index (χ1) is 17.3. The lowest BCUT2D eigenvalue weighted by molar-refractivity contribution is -0.143. The molecule has 0 aromatic heterocycles. The SMILES string of the molecule is Cc1ccccc1C1C2CCN(C)CC2CCN1CN(C)[C@H](C)c1cc(C(F)(F)F)cc(C(F)(F)F)c1. The van der Waals surface area contributed by atoms with Gasteiger partial charge in [-0.3, -0.25) is 9.80 Å². The van der Waals surface area contributed by atoms with E-state index in [0.29, 0.717) is 18.5 Å². The van der Waals surface area contributed by atoms with Crippen LogP contribution >= 0.6 is 0 Å². The maximum absolute atomic E-state index is 13.4. The lowest BCUT2D eigenvalue weighted by Gasteiger charge is -2.51. The lowest BCUT2D eigenvalue weighted by Crippen LogP contribution is -2.52. The van der Waals surface area contributed by atoms with Gasteiger partial charge in [0.15, 0.2) is 0 Å². The maximum Gasteiger partial charge on any atom is 0.416 e. The minimum Gasteiger partial charge on any atom is -0.306 e. The fraction of sp³-hybridized carbons (Fsp3) is 0.571. The highest BCUT2D eigenvalue weighted by Crippen LogP contribution is 2.45. The van der Waals surface area contributed by atoms with Crippen LogP contribution in [-0.4, -0.2) is 55.1 Å². The Morgan fingerprint density at radius 3 is 2.16 bits per heavy atom. The normalized spacial score (nSPS) is 24.8. The molecular formula is C28H35F6N3. The van der Waals surface area contributed by atoms with Crippen molar-refractivity contribution in [3.63, 3.8) is 0 Å².